The SMILES string of the molecule is COc1ccc(NS(=O)(=O)c2ccc3c(c2)C[C@@H](C)N3C(=O)c2ccccc2)cc1. The summed E-state index contributed by atoms with van der Waals surface area (Å²) in [7, 11) is -2.20. The van der Waals surface area contributed by atoms with Gasteiger partial charge in [0, 0.05) is 23.0 Å². The highest BCUT2D eigenvalue weighted by Crippen LogP contribution is 2.35. The van der Waals surface area contributed by atoms with Crippen molar-refractivity contribution in [2.45, 2.75) is 24.3 Å². The van der Waals surface area contributed by atoms with E-state index in [-0.39, 0.29) is 16.8 Å². The van der Waals surface area contributed by atoms with Gasteiger partial charge >= 0.3 is 0 Å². The van der Waals surface area contributed by atoms with Crippen LogP contribution in [0.5, 0.6) is 5.75 Å². The molecular formula is C23H22N2O4S. The first-order chi connectivity index (χ1) is 14.4. The van der Waals surface area contributed by atoms with Crippen LogP contribution in [0.4, 0.5) is 11.4 Å². The molecule has 3 aromatic carbocycles. The van der Waals surface area contributed by atoms with E-state index in [0.29, 0.717) is 23.4 Å². The van der Waals surface area contributed by atoms with E-state index >= 15 is 0 Å². The van der Waals surface area contributed by atoms with Crippen molar-refractivity contribution in [1.29, 1.82) is 0 Å². The second-order valence-electron chi connectivity index (χ2n) is 7.22. The summed E-state index contributed by atoms with van der Waals surface area (Å²) in [6, 6.07) is 20.6. The smallest absolute Gasteiger partial charge is 0.261 e. The van der Waals surface area contributed by atoms with Gasteiger partial charge in [0.05, 0.1) is 12.0 Å². The van der Waals surface area contributed by atoms with Gasteiger partial charge in [-0.25, -0.2) is 8.42 Å². The molecule has 0 unspecified atom stereocenters. The molecule has 0 saturated carbocycles. The van der Waals surface area contributed by atoms with Gasteiger partial charge in [-0.05, 0) is 73.5 Å². The fourth-order valence-corrected chi connectivity index (χ4v) is 4.79. The van der Waals surface area contributed by atoms with Crippen LogP contribution in [0.15, 0.2) is 77.7 Å². The van der Waals surface area contributed by atoms with E-state index in [0.717, 1.165) is 11.3 Å². The molecule has 0 saturated heterocycles. The molecule has 4 rings (SSSR count). The summed E-state index contributed by atoms with van der Waals surface area (Å²) in [4.78, 5) is 14.9. The molecular weight excluding hydrogens is 400 g/mol. The zero-order chi connectivity index (χ0) is 21.3. The maximum atomic E-state index is 13.0. The van der Waals surface area contributed by atoms with Gasteiger partial charge in [-0.1, -0.05) is 18.2 Å². The zero-order valence-electron chi connectivity index (χ0n) is 16.7. The van der Waals surface area contributed by atoms with Crippen molar-refractivity contribution in [3.63, 3.8) is 0 Å². The number of ether oxygens (including phenoxy) is 1. The van der Waals surface area contributed by atoms with Crippen LogP contribution in [0.1, 0.15) is 22.8 Å². The Hall–Kier alpha value is -3.32. The first-order valence-electron chi connectivity index (χ1n) is 9.57. The Kier molecular flexibility index (Phi) is 5.22. The van der Waals surface area contributed by atoms with Crippen molar-refractivity contribution in [3.8, 4) is 5.75 Å². The summed E-state index contributed by atoms with van der Waals surface area (Å²) in [6.07, 6.45) is 0.597. The van der Waals surface area contributed by atoms with E-state index in [1.807, 2.05) is 25.1 Å². The van der Waals surface area contributed by atoms with Crippen molar-refractivity contribution in [2.24, 2.45) is 0 Å². The van der Waals surface area contributed by atoms with Crippen molar-refractivity contribution < 1.29 is 17.9 Å². The van der Waals surface area contributed by atoms with Crippen LogP contribution in [0.25, 0.3) is 0 Å². The molecule has 7 heteroatoms. The number of carbonyl (C=O) groups excluding carboxylic acids is 1. The highest BCUT2D eigenvalue weighted by molar-refractivity contribution is 7.92. The maximum absolute atomic E-state index is 13.0. The maximum Gasteiger partial charge on any atom is 0.261 e. The lowest BCUT2D eigenvalue weighted by Crippen LogP contribution is -2.35. The summed E-state index contributed by atoms with van der Waals surface area (Å²) < 4.78 is 33.4. The van der Waals surface area contributed by atoms with E-state index in [1.165, 1.54) is 6.07 Å². The number of rotatable bonds is 5. The fraction of sp³-hybridized carbons (Fsp3) is 0.174. The molecule has 1 amide bonds. The van der Waals surface area contributed by atoms with Crippen LogP contribution in [0, 0.1) is 0 Å². The van der Waals surface area contributed by atoms with Crippen LogP contribution in [-0.4, -0.2) is 27.5 Å². The van der Waals surface area contributed by atoms with Crippen molar-refractivity contribution in [3.05, 3.63) is 83.9 Å². The van der Waals surface area contributed by atoms with Crippen LogP contribution >= 0.6 is 0 Å². The number of benzene rings is 3. The number of carbonyl (C=O) groups is 1. The van der Waals surface area contributed by atoms with Crippen molar-refractivity contribution >= 4 is 27.3 Å². The van der Waals surface area contributed by atoms with Gasteiger partial charge in [0.25, 0.3) is 15.9 Å². The number of nitrogens with one attached hydrogen (secondary N) is 1. The van der Waals surface area contributed by atoms with Gasteiger partial charge in [0.2, 0.25) is 0 Å². The largest absolute Gasteiger partial charge is 0.497 e. The molecule has 1 heterocycles. The van der Waals surface area contributed by atoms with Crippen LogP contribution in [0.3, 0.4) is 0 Å². The fourth-order valence-electron chi connectivity index (χ4n) is 3.68. The Bertz CT molecular complexity index is 1180. The molecule has 1 N–H and O–H groups in total. The summed E-state index contributed by atoms with van der Waals surface area (Å²) in [6.45, 7) is 1.96. The van der Waals surface area contributed by atoms with E-state index in [1.54, 1.807) is 60.5 Å². The number of hydrogen-bond donors (Lipinski definition) is 1. The highest BCUT2D eigenvalue weighted by Gasteiger charge is 2.32. The summed E-state index contributed by atoms with van der Waals surface area (Å²) >= 11 is 0. The van der Waals surface area contributed by atoms with Crippen LogP contribution in [-0.2, 0) is 16.4 Å². The lowest BCUT2D eigenvalue weighted by Gasteiger charge is -2.23. The first-order valence-corrected chi connectivity index (χ1v) is 11.1. The quantitative estimate of drug-likeness (QED) is 0.672. The molecule has 0 radical (unpaired) electrons. The second-order valence-corrected chi connectivity index (χ2v) is 8.90. The van der Waals surface area contributed by atoms with Gasteiger partial charge in [0.1, 0.15) is 5.75 Å². The number of methoxy groups -OCH3 is 1. The van der Waals surface area contributed by atoms with Crippen molar-refractivity contribution in [2.75, 3.05) is 16.7 Å². The minimum Gasteiger partial charge on any atom is -0.497 e. The Labute approximate surface area is 176 Å². The van der Waals surface area contributed by atoms with E-state index in [2.05, 4.69) is 4.72 Å². The highest BCUT2D eigenvalue weighted by atomic mass is 32.2. The molecule has 1 aliphatic heterocycles. The molecule has 0 spiro atoms. The summed E-state index contributed by atoms with van der Waals surface area (Å²) in [5, 5.41) is 0. The molecule has 1 aliphatic rings. The molecule has 0 fully saturated rings. The van der Waals surface area contributed by atoms with Gasteiger partial charge in [-0.2, -0.15) is 0 Å². The number of amides is 1. The Balaban J connectivity index is 1.61. The average Bonchev–Trinajstić information content (AvgIpc) is 3.09. The summed E-state index contributed by atoms with van der Waals surface area (Å²) in [5.41, 5.74) is 2.64. The number of sulfonamides is 1. The molecule has 0 aliphatic carbocycles. The van der Waals surface area contributed by atoms with Gasteiger partial charge in [-0.3, -0.25) is 9.52 Å². The second kappa shape index (κ2) is 7.84. The molecule has 3 aromatic rings. The molecule has 6 nitrogen and oxygen atoms in total. The molecule has 154 valence electrons. The van der Waals surface area contributed by atoms with Gasteiger partial charge in [-0.15, -0.1) is 0 Å². The average molecular weight is 423 g/mol. The lowest BCUT2D eigenvalue weighted by molar-refractivity contribution is 0.0981. The summed E-state index contributed by atoms with van der Waals surface area (Å²) in [5.74, 6) is 0.557. The van der Waals surface area contributed by atoms with E-state index in [4.69, 9.17) is 4.74 Å². The minimum atomic E-state index is -3.76. The normalized spacial score (nSPS) is 15.5. The molecule has 0 bridgehead atoms. The first kappa shape index (κ1) is 20.0. The van der Waals surface area contributed by atoms with E-state index in [9.17, 15) is 13.2 Å². The molecule has 30 heavy (non-hydrogen) atoms. The number of hydrogen-bond acceptors (Lipinski definition) is 4. The van der Waals surface area contributed by atoms with Gasteiger partial charge < -0.3 is 9.64 Å². The zero-order valence-corrected chi connectivity index (χ0v) is 17.5. The predicted octanol–water partition coefficient (Wildman–Crippen LogP) is 4.09. The van der Waals surface area contributed by atoms with Crippen LogP contribution in [0.2, 0.25) is 0 Å². The third kappa shape index (κ3) is 3.76. The third-order valence-electron chi connectivity index (χ3n) is 5.16. The number of fused-ring (bicyclic) bond motifs is 1. The predicted molar refractivity (Wildman–Crippen MR) is 117 cm³/mol. The standard InChI is InChI=1S/C23H22N2O4S/c1-16-14-18-15-21(30(27,28)24-19-8-10-20(29-2)11-9-19)12-13-22(18)25(16)23(26)17-6-4-3-5-7-17/h3-13,15-16,24H,14H2,1-2H3/t16-/m1/s1. The van der Waals surface area contributed by atoms with Crippen molar-refractivity contribution in [1.82, 2.24) is 0 Å². The minimum absolute atomic E-state index is 0.0554. The topological polar surface area (TPSA) is 75.7 Å². The Morgan fingerprint density at radius 2 is 1.73 bits per heavy atom. The molecule has 1 atom stereocenters. The number of nitrogens with zero attached hydrogens (tertiary/aromatic N) is 1. The third-order valence-corrected chi connectivity index (χ3v) is 6.54. The lowest BCUT2D eigenvalue weighted by atomic mass is 10.1. The van der Waals surface area contributed by atoms with Gasteiger partial charge in [0.15, 0.2) is 0 Å². The Morgan fingerprint density at radius 3 is 2.40 bits per heavy atom. The van der Waals surface area contributed by atoms with E-state index < -0.39 is 10.0 Å². The molecule has 0 aromatic heterocycles. The monoisotopic (exact) mass is 422 g/mol. The van der Waals surface area contributed by atoms with Crippen LogP contribution < -0.4 is 14.4 Å². The Morgan fingerprint density at radius 1 is 1.03 bits per heavy atom. The number of anilines is 2.